The Kier molecular flexibility index (Phi) is 16.0. The fourth-order valence-corrected chi connectivity index (χ4v) is 6.72. The molecule has 49 heavy (non-hydrogen) atoms. The summed E-state index contributed by atoms with van der Waals surface area (Å²) >= 11 is 1.44. The molecule has 2 aromatic carbocycles. The zero-order valence-electron chi connectivity index (χ0n) is 29.2. The van der Waals surface area contributed by atoms with Gasteiger partial charge in [0.1, 0.15) is 6.61 Å². The van der Waals surface area contributed by atoms with Gasteiger partial charge in [0.25, 0.3) is 0 Å². The number of alkyl carbamates (subject to hydrolysis) is 1. The van der Waals surface area contributed by atoms with Crippen LogP contribution in [0.3, 0.4) is 0 Å². The van der Waals surface area contributed by atoms with E-state index in [1.54, 1.807) is 23.7 Å². The van der Waals surface area contributed by atoms with E-state index in [1.165, 1.54) is 11.3 Å². The minimum atomic E-state index is -0.594. The van der Waals surface area contributed by atoms with Crippen molar-refractivity contribution in [1.29, 1.82) is 0 Å². The lowest BCUT2D eigenvalue weighted by Gasteiger charge is -2.30. The third-order valence-corrected chi connectivity index (χ3v) is 9.52. The summed E-state index contributed by atoms with van der Waals surface area (Å²) in [7, 11) is 1.78. The fourth-order valence-electron chi connectivity index (χ4n) is 6.21. The lowest BCUT2D eigenvalue weighted by molar-refractivity contribution is -0.122. The Morgan fingerprint density at radius 3 is 2.24 bits per heavy atom. The average Bonchev–Trinajstić information content (AvgIpc) is 3.63. The Bertz CT molecular complexity index is 1390. The summed E-state index contributed by atoms with van der Waals surface area (Å²) in [5.41, 5.74) is 3.98. The molecule has 1 aliphatic heterocycles. The van der Waals surface area contributed by atoms with Gasteiger partial charge in [0.05, 0.1) is 29.6 Å². The summed E-state index contributed by atoms with van der Waals surface area (Å²) in [4.78, 5) is 49.1. The molecule has 1 aliphatic rings. The Morgan fingerprint density at radius 1 is 0.939 bits per heavy atom. The molecule has 266 valence electrons. The maximum absolute atomic E-state index is 14.1. The van der Waals surface area contributed by atoms with Crippen LogP contribution >= 0.6 is 11.3 Å². The van der Waals surface area contributed by atoms with Crippen molar-refractivity contribution in [3.8, 4) is 0 Å². The lowest BCUT2D eigenvalue weighted by Crippen LogP contribution is -2.49. The Labute approximate surface area is 295 Å². The van der Waals surface area contributed by atoms with Gasteiger partial charge in [-0.15, -0.1) is 11.3 Å². The zero-order chi connectivity index (χ0) is 34.8. The predicted octanol–water partition coefficient (Wildman–Crippen LogP) is 5.97. The third kappa shape index (κ3) is 14.3. The van der Waals surface area contributed by atoms with Gasteiger partial charge in [0, 0.05) is 51.9 Å². The van der Waals surface area contributed by atoms with Crippen molar-refractivity contribution in [2.75, 3.05) is 46.4 Å². The number of benzene rings is 2. The summed E-state index contributed by atoms with van der Waals surface area (Å²) < 4.78 is 11.0. The van der Waals surface area contributed by atoms with Gasteiger partial charge >= 0.3 is 12.1 Å². The van der Waals surface area contributed by atoms with Gasteiger partial charge in [-0.2, -0.15) is 0 Å². The summed E-state index contributed by atoms with van der Waals surface area (Å²) in [5, 5.41) is 6.18. The van der Waals surface area contributed by atoms with Crippen LogP contribution in [0.25, 0.3) is 0 Å². The van der Waals surface area contributed by atoms with E-state index >= 15 is 0 Å². The lowest BCUT2D eigenvalue weighted by atomic mass is 9.86. The number of nitrogens with one attached hydrogen (secondary N) is 2. The molecule has 3 amide bonds. The molecule has 10 nitrogen and oxygen atoms in total. The monoisotopic (exact) mass is 691 g/mol. The molecule has 1 aromatic heterocycles. The van der Waals surface area contributed by atoms with Crippen LogP contribution < -0.4 is 10.6 Å². The molecule has 1 saturated heterocycles. The van der Waals surface area contributed by atoms with Crippen LogP contribution in [-0.2, 0) is 33.7 Å². The first-order valence-electron chi connectivity index (χ1n) is 17.5. The number of morpholine rings is 1. The van der Waals surface area contributed by atoms with Crippen LogP contribution in [0.4, 0.5) is 9.59 Å². The van der Waals surface area contributed by atoms with Crippen molar-refractivity contribution >= 4 is 29.2 Å². The number of nitrogens with zero attached hydrogens (tertiary/aromatic N) is 3. The number of ketones is 1. The smallest absolute Gasteiger partial charge is 0.407 e. The summed E-state index contributed by atoms with van der Waals surface area (Å²) in [5.74, 6) is 0.368. The predicted molar refractivity (Wildman–Crippen MR) is 194 cm³/mol. The SMILES string of the molecule is CC(C)CN(C)C(=O)N[C@@H](CCN1CCOCC1)C(=O)C[C@H](CC[C@H](Cc1ccccc1)NC(=O)OCc1cncs1)Cc1ccccc1. The van der Waals surface area contributed by atoms with Crippen molar-refractivity contribution in [3.63, 3.8) is 0 Å². The number of hydrogen-bond acceptors (Lipinski definition) is 8. The number of ether oxygens (including phenoxy) is 2. The van der Waals surface area contributed by atoms with Crippen LogP contribution in [0.15, 0.2) is 72.4 Å². The first kappa shape index (κ1) is 38.0. The minimum absolute atomic E-state index is 0.0133. The second-order valence-corrected chi connectivity index (χ2v) is 14.4. The van der Waals surface area contributed by atoms with Crippen molar-refractivity contribution in [3.05, 3.63) is 88.4 Å². The number of hydrogen-bond donors (Lipinski definition) is 2. The van der Waals surface area contributed by atoms with Crippen LogP contribution in [0.1, 0.15) is 55.5 Å². The molecule has 0 spiro atoms. The number of carbonyl (C=O) groups is 3. The highest BCUT2D eigenvalue weighted by Gasteiger charge is 2.27. The Hall–Kier alpha value is -3.80. The van der Waals surface area contributed by atoms with Crippen molar-refractivity contribution in [2.45, 2.75) is 71.1 Å². The van der Waals surface area contributed by atoms with E-state index in [0.29, 0.717) is 64.3 Å². The molecule has 0 bridgehead atoms. The number of rotatable bonds is 19. The molecule has 2 heterocycles. The molecule has 0 aliphatic carbocycles. The molecule has 0 unspecified atom stereocenters. The molecule has 3 aromatic rings. The molecular weight excluding hydrogens is 639 g/mol. The quantitative estimate of drug-likeness (QED) is 0.159. The number of amides is 3. The van der Waals surface area contributed by atoms with Crippen molar-refractivity contribution in [1.82, 2.24) is 25.4 Å². The van der Waals surface area contributed by atoms with E-state index in [9.17, 15) is 14.4 Å². The maximum atomic E-state index is 14.1. The molecule has 0 radical (unpaired) electrons. The Morgan fingerprint density at radius 2 is 1.61 bits per heavy atom. The van der Waals surface area contributed by atoms with E-state index in [2.05, 4.69) is 58.6 Å². The van der Waals surface area contributed by atoms with Gasteiger partial charge in [0.15, 0.2) is 5.78 Å². The van der Waals surface area contributed by atoms with Gasteiger partial charge in [-0.25, -0.2) is 9.59 Å². The first-order chi connectivity index (χ1) is 23.7. The molecule has 11 heteroatoms. The van der Waals surface area contributed by atoms with Crippen molar-refractivity contribution < 1.29 is 23.9 Å². The van der Waals surface area contributed by atoms with Gasteiger partial charge in [-0.3, -0.25) is 14.7 Å². The highest BCUT2D eigenvalue weighted by atomic mass is 32.1. The first-order valence-corrected chi connectivity index (χ1v) is 18.4. The van der Waals surface area contributed by atoms with E-state index in [0.717, 1.165) is 35.5 Å². The average molecular weight is 692 g/mol. The molecule has 4 rings (SSSR count). The molecule has 2 N–H and O–H groups in total. The summed E-state index contributed by atoms with van der Waals surface area (Å²) in [6.07, 6.45) is 4.83. The molecular formula is C38H53N5O5S. The van der Waals surface area contributed by atoms with E-state index in [4.69, 9.17) is 9.47 Å². The van der Waals surface area contributed by atoms with E-state index in [-0.39, 0.29) is 30.4 Å². The minimum Gasteiger partial charge on any atom is -0.444 e. The number of thiazole rings is 1. The number of urea groups is 1. The summed E-state index contributed by atoms with van der Waals surface area (Å²) in [6, 6.07) is 19.3. The van der Waals surface area contributed by atoms with Crippen LogP contribution in [0, 0.1) is 11.8 Å². The van der Waals surface area contributed by atoms with Crippen LogP contribution in [-0.4, -0.2) is 91.2 Å². The third-order valence-electron chi connectivity index (χ3n) is 8.77. The Balaban J connectivity index is 1.46. The molecule has 3 atom stereocenters. The highest BCUT2D eigenvalue weighted by Crippen LogP contribution is 2.22. The van der Waals surface area contributed by atoms with Gasteiger partial charge in [-0.05, 0) is 55.1 Å². The zero-order valence-corrected chi connectivity index (χ0v) is 30.0. The number of carbonyl (C=O) groups excluding carboxylic acids is 3. The topological polar surface area (TPSA) is 113 Å². The van der Waals surface area contributed by atoms with Gasteiger partial charge in [-0.1, -0.05) is 74.5 Å². The maximum Gasteiger partial charge on any atom is 0.407 e. The highest BCUT2D eigenvalue weighted by molar-refractivity contribution is 7.09. The van der Waals surface area contributed by atoms with E-state index in [1.807, 2.05) is 36.4 Å². The second kappa shape index (κ2) is 20.7. The second-order valence-electron chi connectivity index (χ2n) is 13.4. The van der Waals surface area contributed by atoms with Crippen LogP contribution in [0.2, 0.25) is 0 Å². The summed E-state index contributed by atoms with van der Waals surface area (Å²) in [6.45, 7) is 8.63. The largest absolute Gasteiger partial charge is 0.444 e. The van der Waals surface area contributed by atoms with Gasteiger partial charge < -0.3 is 25.0 Å². The normalized spacial score (nSPS) is 15.3. The number of Topliss-reactive ketones (excluding diaryl/α,β-unsaturated/α-hetero) is 1. The van der Waals surface area contributed by atoms with E-state index < -0.39 is 12.1 Å². The van der Waals surface area contributed by atoms with Crippen molar-refractivity contribution in [2.24, 2.45) is 11.8 Å². The van der Waals surface area contributed by atoms with Crippen LogP contribution in [0.5, 0.6) is 0 Å². The standard InChI is InChI=1S/C38H53N5O5S/c1-29(2)26-42(3)37(45)41-35(16-17-43-18-20-47-21-19-43)36(44)24-32(22-30-10-6-4-7-11-30)14-15-33(23-31-12-8-5-9-13-31)40-38(46)48-27-34-25-39-28-49-34/h4-13,25,28-29,32-33,35H,14-24,26-27H2,1-3H3,(H,40,46)(H,41,45)/t32-,33-,35+/m1/s1. The molecule has 1 fully saturated rings. The number of aromatic nitrogens is 1. The fraction of sp³-hybridized carbons (Fsp3) is 0.526. The van der Waals surface area contributed by atoms with Gasteiger partial charge in [0.2, 0.25) is 0 Å². The molecule has 0 saturated carbocycles.